The van der Waals surface area contributed by atoms with Crippen LogP contribution in [0.2, 0.25) is 0 Å². The normalized spacial score (nSPS) is 10.2. The van der Waals surface area contributed by atoms with E-state index in [4.69, 9.17) is 10.00 Å². The Kier molecular flexibility index (Phi) is 3.36. The molecule has 0 aliphatic carbocycles. The molecule has 0 aliphatic rings. The van der Waals surface area contributed by atoms with Crippen molar-refractivity contribution in [3.8, 4) is 17.6 Å². The Bertz CT molecular complexity index is 819. The van der Waals surface area contributed by atoms with E-state index in [1.807, 2.05) is 36.4 Å². The molecule has 0 saturated carbocycles. The predicted molar refractivity (Wildman–Crippen MR) is 80.7 cm³/mol. The summed E-state index contributed by atoms with van der Waals surface area (Å²) in [6.45, 7) is 0. The molecule has 0 radical (unpaired) electrons. The smallest absolute Gasteiger partial charge is 0.153 e. The van der Waals surface area contributed by atoms with Crippen molar-refractivity contribution in [2.24, 2.45) is 0 Å². The zero-order valence-corrected chi connectivity index (χ0v) is 12.0. The average molecular weight is 325 g/mol. The first-order valence-corrected chi connectivity index (χ1v) is 6.78. The molecule has 4 heteroatoms. The number of hydrogen-bond donors (Lipinski definition) is 0. The van der Waals surface area contributed by atoms with E-state index >= 15 is 0 Å². The minimum Gasteiger partial charge on any atom is -0.454 e. The number of benzene rings is 2. The molecule has 0 atom stereocenters. The standard InChI is InChI=1S/C16H9BrN2O/c17-13-7-6-12(10-18)15(9-13)20-14-5-1-3-11-4-2-8-19-16(11)14/h1-9H. The van der Waals surface area contributed by atoms with Gasteiger partial charge in [-0.3, -0.25) is 4.98 Å². The van der Waals surface area contributed by atoms with Crippen LogP contribution < -0.4 is 4.74 Å². The lowest BCUT2D eigenvalue weighted by atomic mass is 10.2. The highest BCUT2D eigenvalue weighted by Gasteiger charge is 2.08. The molecule has 0 saturated heterocycles. The maximum atomic E-state index is 9.14. The molecule has 3 aromatic rings. The van der Waals surface area contributed by atoms with Gasteiger partial charge in [0.1, 0.15) is 17.3 Å². The lowest BCUT2D eigenvalue weighted by Crippen LogP contribution is -1.90. The van der Waals surface area contributed by atoms with E-state index < -0.39 is 0 Å². The fourth-order valence-electron chi connectivity index (χ4n) is 1.95. The highest BCUT2D eigenvalue weighted by Crippen LogP contribution is 2.31. The number of halogens is 1. The maximum Gasteiger partial charge on any atom is 0.153 e. The van der Waals surface area contributed by atoms with Gasteiger partial charge in [0.15, 0.2) is 5.75 Å². The third-order valence-electron chi connectivity index (χ3n) is 2.88. The second-order valence-electron chi connectivity index (χ2n) is 4.19. The van der Waals surface area contributed by atoms with Crippen molar-refractivity contribution in [3.05, 3.63) is 64.8 Å². The fourth-order valence-corrected chi connectivity index (χ4v) is 2.29. The zero-order chi connectivity index (χ0) is 13.9. The Balaban J connectivity index is 2.10. The second-order valence-corrected chi connectivity index (χ2v) is 5.10. The molecule has 1 aromatic heterocycles. The van der Waals surface area contributed by atoms with Gasteiger partial charge in [0.05, 0.1) is 5.56 Å². The van der Waals surface area contributed by atoms with Crippen molar-refractivity contribution in [3.63, 3.8) is 0 Å². The molecule has 1 heterocycles. The van der Waals surface area contributed by atoms with E-state index in [9.17, 15) is 0 Å². The topological polar surface area (TPSA) is 45.9 Å². The van der Waals surface area contributed by atoms with Gasteiger partial charge in [0.2, 0.25) is 0 Å². The summed E-state index contributed by atoms with van der Waals surface area (Å²) in [7, 11) is 0. The molecule has 0 fully saturated rings. The lowest BCUT2D eigenvalue weighted by molar-refractivity contribution is 0.485. The molecule has 2 aromatic carbocycles. The summed E-state index contributed by atoms with van der Waals surface area (Å²) in [6.07, 6.45) is 1.72. The van der Waals surface area contributed by atoms with Crippen molar-refractivity contribution >= 4 is 26.8 Å². The third kappa shape index (κ3) is 2.36. The van der Waals surface area contributed by atoms with E-state index in [0.29, 0.717) is 17.1 Å². The van der Waals surface area contributed by atoms with Gasteiger partial charge in [-0.25, -0.2) is 0 Å². The summed E-state index contributed by atoms with van der Waals surface area (Å²) in [6, 6.07) is 17.0. The first kappa shape index (κ1) is 12.6. The van der Waals surface area contributed by atoms with Gasteiger partial charge >= 0.3 is 0 Å². The number of para-hydroxylation sites is 1. The molecular formula is C16H9BrN2O. The molecule has 3 nitrogen and oxygen atoms in total. The van der Waals surface area contributed by atoms with Gasteiger partial charge in [0, 0.05) is 16.1 Å². The number of nitriles is 1. The number of nitrogens with zero attached hydrogens (tertiary/aromatic N) is 2. The van der Waals surface area contributed by atoms with Crippen LogP contribution in [0.25, 0.3) is 10.9 Å². The Labute approximate surface area is 124 Å². The summed E-state index contributed by atoms with van der Waals surface area (Å²) in [5, 5.41) is 10.1. The summed E-state index contributed by atoms with van der Waals surface area (Å²) in [4.78, 5) is 4.34. The summed E-state index contributed by atoms with van der Waals surface area (Å²) in [5.74, 6) is 1.15. The van der Waals surface area contributed by atoms with Crippen LogP contribution in [0.5, 0.6) is 11.5 Å². The van der Waals surface area contributed by atoms with Crippen LogP contribution >= 0.6 is 15.9 Å². The van der Waals surface area contributed by atoms with E-state index in [1.165, 1.54) is 0 Å². The van der Waals surface area contributed by atoms with Crippen molar-refractivity contribution in [2.45, 2.75) is 0 Å². The summed E-state index contributed by atoms with van der Waals surface area (Å²) in [5.41, 5.74) is 1.26. The van der Waals surface area contributed by atoms with E-state index in [2.05, 4.69) is 27.0 Å². The molecule has 0 bridgehead atoms. The number of ether oxygens (including phenoxy) is 1. The molecule has 96 valence electrons. The summed E-state index contributed by atoms with van der Waals surface area (Å²) >= 11 is 3.38. The van der Waals surface area contributed by atoms with E-state index in [-0.39, 0.29) is 0 Å². The molecule has 0 spiro atoms. The number of pyridine rings is 1. The Morgan fingerprint density at radius 2 is 1.90 bits per heavy atom. The predicted octanol–water partition coefficient (Wildman–Crippen LogP) is 4.66. The second kappa shape index (κ2) is 5.32. The molecule has 0 aliphatic heterocycles. The van der Waals surface area contributed by atoms with Crippen LogP contribution in [0.15, 0.2) is 59.2 Å². The highest BCUT2D eigenvalue weighted by atomic mass is 79.9. The minimum atomic E-state index is 0.487. The van der Waals surface area contributed by atoms with Gasteiger partial charge in [-0.05, 0) is 30.3 Å². The largest absolute Gasteiger partial charge is 0.454 e. The zero-order valence-electron chi connectivity index (χ0n) is 10.4. The van der Waals surface area contributed by atoms with Crippen LogP contribution in [-0.2, 0) is 0 Å². The van der Waals surface area contributed by atoms with Crippen LogP contribution in [0.1, 0.15) is 5.56 Å². The fraction of sp³-hybridized carbons (Fsp3) is 0. The first-order chi connectivity index (χ1) is 9.78. The van der Waals surface area contributed by atoms with Crippen molar-refractivity contribution in [1.29, 1.82) is 5.26 Å². The maximum absolute atomic E-state index is 9.14. The Morgan fingerprint density at radius 1 is 1.05 bits per heavy atom. The highest BCUT2D eigenvalue weighted by molar-refractivity contribution is 9.10. The van der Waals surface area contributed by atoms with Crippen molar-refractivity contribution < 1.29 is 4.74 Å². The third-order valence-corrected chi connectivity index (χ3v) is 3.37. The number of aromatic nitrogens is 1. The van der Waals surface area contributed by atoms with E-state index in [0.717, 1.165) is 15.4 Å². The molecule has 0 N–H and O–H groups in total. The van der Waals surface area contributed by atoms with Gasteiger partial charge < -0.3 is 4.74 Å². The lowest BCUT2D eigenvalue weighted by Gasteiger charge is -2.09. The average Bonchev–Trinajstić information content (AvgIpc) is 2.48. The quantitative estimate of drug-likeness (QED) is 0.688. The van der Waals surface area contributed by atoms with Gasteiger partial charge in [-0.2, -0.15) is 5.26 Å². The first-order valence-electron chi connectivity index (χ1n) is 5.99. The van der Waals surface area contributed by atoms with Crippen LogP contribution in [0, 0.1) is 11.3 Å². The molecule has 0 amide bonds. The van der Waals surface area contributed by atoms with E-state index in [1.54, 1.807) is 18.3 Å². The minimum absolute atomic E-state index is 0.487. The van der Waals surface area contributed by atoms with Gasteiger partial charge in [-0.1, -0.05) is 34.1 Å². The molecule has 0 unspecified atom stereocenters. The van der Waals surface area contributed by atoms with Crippen LogP contribution in [-0.4, -0.2) is 4.98 Å². The van der Waals surface area contributed by atoms with Crippen LogP contribution in [0.3, 0.4) is 0 Å². The number of rotatable bonds is 2. The number of fused-ring (bicyclic) bond motifs is 1. The molecule has 20 heavy (non-hydrogen) atoms. The van der Waals surface area contributed by atoms with Crippen LogP contribution in [0.4, 0.5) is 0 Å². The molecule has 3 rings (SSSR count). The SMILES string of the molecule is N#Cc1ccc(Br)cc1Oc1cccc2cccnc12. The number of hydrogen-bond acceptors (Lipinski definition) is 3. The summed E-state index contributed by atoms with van der Waals surface area (Å²) < 4.78 is 6.74. The van der Waals surface area contributed by atoms with Gasteiger partial charge in [-0.15, -0.1) is 0 Å². The monoisotopic (exact) mass is 324 g/mol. The Morgan fingerprint density at radius 3 is 2.75 bits per heavy atom. The van der Waals surface area contributed by atoms with Crippen molar-refractivity contribution in [2.75, 3.05) is 0 Å². The van der Waals surface area contributed by atoms with Gasteiger partial charge in [0.25, 0.3) is 0 Å². The molecular weight excluding hydrogens is 316 g/mol. The van der Waals surface area contributed by atoms with Crippen molar-refractivity contribution in [1.82, 2.24) is 4.98 Å². The Hall–Kier alpha value is -2.38.